The van der Waals surface area contributed by atoms with E-state index in [0.29, 0.717) is 56.5 Å². The molecule has 2 saturated heterocycles. The first-order valence-corrected chi connectivity index (χ1v) is 13.9. The van der Waals surface area contributed by atoms with E-state index in [1.807, 2.05) is 29.2 Å². The topological polar surface area (TPSA) is 108 Å². The summed E-state index contributed by atoms with van der Waals surface area (Å²) in [5.74, 6) is 1.31. The van der Waals surface area contributed by atoms with E-state index in [1.54, 1.807) is 24.9 Å². The smallest absolute Gasteiger partial charge is 0.257 e. The second-order valence-corrected chi connectivity index (χ2v) is 11.6. The highest BCUT2D eigenvalue weighted by Crippen LogP contribution is 2.40. The van der Waals surface area contributed by atoms with Gasteiger partial charge in [-0.3, -0.25) is 4.79 Å². The molecule has 3 aliphatic rings. The average Bonchev–Trinajstić information content (AvgIpc) is 3.31. The fraction of sp³-hybridized carbons (Fsp3) is 0.520. The number of amides is 1. The Kier molecular flexibility index (Phi) is 6.56. The molecule has 1 aromatic carbocycles. The van der Waals surface area contributed by atoms with Gasteiger partial charge in [0, 0.05) is 25.3 Å². The second-order valence-electron chi connectivity index (χ2n) is 9.63. The maximum atomic E-state index is 13.0. The molecule has 0 N–H and O–H groups in total. The van der Waals surface area contributed by atoms with E-state index in [-0.39, 0.29) is 23.6 Å². The van der Waals surface area contributed by atoms with Gasteiger partial charge < -0.3 is 28.7 Å². The largest absolute Gasteiger partial charge is 0.490 e. The van der Waals surface area contributed by atoms with Crippen LogP contribution in [0.1, 0.15) is 18.9 Å². The van der Waals surface area contributed by atoms with Crippen LogP contribution >= 0.6 is 0 Å². The van der Waals surface area contributed by atoms with Crippen LogP contribution in [0.25, 0.3) is 0 Å². The summed E-state index contributed by atoms with van der Waals surface area (Å²) in [4.78, 5) is 21.1. The third kappa shape index (κ3) is 4.87. The van der Waals surface area contributed by atoms with Crippen LogP contribution in [0.3, 0.4) is 0 Å². The number of aromatic nitrogens is 1. The van der Waals surface area contributed by atoms with Crippen molar-refractivity contribution in [3.8, 4) is 11.5 Å². The molecular weight excluding hydrogens is 486 g/mol. The van der Waals surface area contributed by atoms with Crippen molar-refractivity contribution in [3.05, 3.63) is 36.0 Å². The van der Waals surface area contributed by atoms with E-state index in [4.69, 9.17) is 18.9 Å². The Morgan fingerprint density at radius 1 is 1.19 bits per heavy atom. The minimum absolute atomic E-state index is 0.0706. The van der Waals surface area contributed by atoms with Crippen LogP contribution in [0.5, 0.6) is 11.5 Å². The first kappa shape index (κ1) is 24.8. The van der Waals surface area contributed by atoms with Crippen molar-refractivity contribution in [2.75, 3.05) is 57.2 Å². The van der Waals surface area contributed by atoms with Crippen molar-refractivity contribution < 1.29 is 32.2 Å². The van der Waals surface area contributed by atoms with E-state index in [1.165, 1.54) is 0 Å². The van der Waals surface area contributed by atoms with Gasteiger partial charge in [-0.25, -0.2) is 13.4 Å². The molecule has 1 amide bonds. The Labute approximate surface area is 211 Å². The lowest BCUT2D eigenvalue weighted by Crippen LogP contribution is -2.54. The number of carbonyl (C=O) groups is 1. The maximum Gasteiger partial charge on any atom is 0.257 e. The van der Waals surface area contributed by atoms with Crippen LogP contribution in [0.15, 0.2) is 35.5 Å². The van der Waals surface area contributed by atoms with Gasteiger partial charge in [-0.1, -0.05) is 0 Å². The molecule has 2 aromatic rings. The van der Waals surface area contributed by atoms with E-state index < -0.39 is 15.4 Å². The van der Waals surface area contributed by atoms with Crippen LogP contribution in [-0.4, -0.2) is 88.2 Å². The van der Waals surface area contributed by atoms with Crippen molar-refractivity contribution >= 4 is 27.1 Å². The predicted octanol–water partition coefficient (Wildman–Crippen LogP) is 2.11. The lowest BCUT2D eigenvalue weighted by atomic mass is 10.1. The van der Waals surface area contributed by atoms with Crippen molar-refractivity contribution in [2.45, 2.75) is 37.0 Å². The highest BCUT2D eigenvalue weighted by molar-refractivity contribution is 7.90. The molecule has 10 nitrogen and oxygen atoms in total. The number of ether oxygens (including phenoxy) is 4. The van der Waals surface area contributed by atoms with Gasteiger partial charge in [0.05, 0.1) is 50.5 Å². The van der Waals surface area contributed by atoms with Gasteiger partial charge in [0.15, 0.2) is 20.5 Å². The van der Waals surface area contributed by atoms with Crippen LogP contribution in [0.2, 0.25) is 0 Å². The monoisotopic (exact) mass is 517 g/mol. The van der Waals surface area contributed by atoms with Crippen LogP contribution in [-0.2, 0) is 24.1 Å². The van der Waals surface area contributed by atoms with Gasteiger partial charge in [-0.15, -0.1) is 0 Å². The number of aryl methyl sites for hydroxylation is 1. The molecule has 5 rings (SSSR count). The zero-order chi connectivity index (χ0) is 25.5. The zero-order valence-corrected chi connectivity index (χ0v) is 21.5. The fourth-order valence-corrected chi connectivity index (χ4v) is 5.80. The zero-order valence-electron chi connectivity index (χ0n) is 20.7. The van der Waals surface area contributed by atoms with Crippen molar-refractivity contribution in [2.24, 2.45) is 0 Å². The molecule has 11 heteroatoms. The Morgan fingerprint density at radius 3 is 2.75 bits per heavy atom. The number of fused-ring (bicyclic) bond motifs is 1. The summed E-state index contributed by atoms with van der Waals surface area (Å²) in [5, 5.41) is 0.0798. The number of carbonyl (C=O) groups excluding carboxylic acids is 1. The molecule has 2 fully saturated rings. The number of anilines is 2. The normalized spacial score (nSPS) is 24.2. The first-order chi connectivity index (χ1) is 17.1. The summed E-state index contributed by atoms with van der Waals surface area (Å²) in [6.45, 7) is 6.85. The van der Waals surface area contributed by atoms with Crippen molar-refractivity contribution in [1.82, 2.24) is 9.88 Å². The molecular formula is C25H31N3O7S. The molecule has 0 spiro atoms. The van der Waals surface area contributed by atoms with E-state index in [2.05, 4.69) is 4.98 Å². The third-order valence-electron chi connectivity index (χ3n) is 6.69. The Hall–Kier alpha value is -2.89. The summed E-state index contributed by atoms with van der Waals surface area (Å²) >= 11 is 0. The molecule has 0 saturated carbocycles. The molecule has 4 heterocycles. The van der Waals surface area contributed by atoms with Gasteiger partial charge in [0.1, 0.15) is 24.2 Å². The van der Waals surface area contributed by atoms with Crippen LogP contribution in [0, 0.1) is 6.92 Å². The lowest BCUT2D eigenvalue weighted by molar-refractivity contribution is -0.182. The average molecular weight is 518 g/mol. The SMILES string of the molecule is Cc1cc(N2CCOc3ccc(OC4CCN(C(=O)C5(C)COCCO5)C4)cc32)cnc1S(C)(=O)=O. The lowest BCUT2D eigenvalue weighted by Gasteiger charge is -2.35. The quantitative estimate of drug-likeness (QED) is 0.589. The van der Waals surface area contributed by atoms with Gasteiger partial charge in [-0.05, 0) is 37.6 Å². The standard InChI is InChI=1S/C25H31N3O7S/c1-17-12-18(14-26-23(17)36(3,30)31)28-8-9-33-22-5-4-19(13-21(22)28)35-20-6-7-27(15-20)24(29)25(2)16-32-10-11-34-25/h4-5,12-14,20H,6-11,15-16H2,1-3H3. The molecule has 0 bridgehead atoms. The fourth-order valence-electron chi connectivity index (χ4n) is 4.92. The minimum atomic E-state index is -3.40. The second kappa shape index (κ2) is 9.53. The van der Waals surface area contributed by atoms with E-state index >= 15 is 0 Å². The van der Waals surface area contributed by atoms with E-state index in [0.717, 1.165) is 24.1 Å². The van der Waals surface area contributed by atoms with Gasteiger partial charge in [0.2, 0.25) is 0 Å². The number of hydrogen-bond acceptors (Lipinski definition) is 9. The number of hydrogen-bond donors (Lipinski definition) is 0. The number of nitrogens with zero attached hydrogens (tertiary/aromatic N) is 3. The minimum Gasteiger partial charge on any atom is -0.490 e. The number of benzene rings is 1. The molecule has 0 aliphatic carbocycles. The predicted molar refractivity (Wildman–Crippen MR) is 132 cm³/mol. The van der Waals surface area contributed by atoms with Crippen LogP contribution in [0.4, 0.5) is 11.4 Å². The van der Waals surface area contributed by atoms with Crippen LogP contribution < -0.4 is 14.4 Å². The number of rotatable bonds is 5. The first-order valence-electron chi connectivity index (χ1n) is 12.0. The molecule has 3 aliphatic heterocycles. The molecule has 2 atom stereocenters. The molecule has 194 valence electrons. The summed E-state index contributed by atoms with van der Waals surface area (Å²) < 4.78 is 47.2. The summed E-state index contributed by atoms with van der Waals surface area (Å²) in [7, 11) is -3.40. The molecule has 1 aromatic heterocycles. The highest BCUT2D eigenvalue weighted by atomic mass is 32.2. The molecule has 2 unspecified atom stereocenters. The number of likely N-dealkylation sites (tertiary alicyclic amines) is 1. The Bertz CT molecular complexity index is 1260. The highest BCUT2D eigenvalue weighted by Gasteiger charge is 2.42. The van der Waals surface area contributed by atoms with Gasteiger partial charge >= 0.3 is 0 Å². The molecule has 36 heavy (non-hydrogen) atoms. The maximum absolute atomic E-state index is 13.0. The van der Waals surface area contributed by atoms with Gasteiger partial charge in [0.25, 0.3) is 5.91 Å². The van der Waals surface area contributed by atoms with E-state index in [9.17, 15) is 13.2 Å². The molecule has 0 radical (unpaired) electrons. The third-order valence-corrected chi connectivity index (χ3v) is 7.82. The summed E-state index contributed by atoms with van der Waals surface area (Å²) in [5.41, 5.74) is 1.24. The summed E-state index contributed by atoms with van der Waals surface area (Å²) in [6, 6.07) is 7.47. The van der Waals surface area contributed by atoms with Crippen molar-refractivity contribution in [3.63, 3.8) is 0 Å². The van der Waals surface area contributed by atoms with Gasteiger partial charge in [-0.2, -0.15) is 0 Å². The van der Waals surface area contributed by atoms with Crippen molar-refractivity contribution in [1.29, 1.82) is 0 Å². The number of pyridine rings is 1. The summed E-state index contributed by atoms with van der Waals surface area (Å²) in [6.07, 6.45) is 3.31. The number of sulfone groups is 1. The Morgan fingerprint density at radius 2 is 2.03 bits per heavy atom. The Balaban J connectivity index is 1.31.